The van der Waals surface area contributed by atoms with Crippen LogP contribution in [0.15, 0.2) is 0 Å². The second kappa shape index (κ2) is 10.5. The number of rotatable bonds is 10. The lowest BCUT2D eigenvalue weighted by atomic mass is 10.1. The standard InChI is InChI=1S/C12H23N3O4S/c1-8(16)14-9(5-7-20)11(17)15-10(12(18)19)4-2-3-6-13/h9-10,20H,2-7,13H2,1H3,(H,14,16)(H,15,17)(H,18,19)/t9?,10-/m0/s1. The molecule has 0 aliphatic rings. The zero-order valence-corrected chi connectivity index (χ0v) is 12.5. The summed E-state index contributed by atoms with van der Waals surface area (Å²) in [6, 6.07) is -1.73. The summed E-state index contributed by atoms with van der Waals surface area (Å²) in [7, 11) is 0. The molecule has 0 spiro atoms. The van der Waals surface area contributed by atoms with E-state index in [0.717, 1.165) is 0 Å². The Labute approximate surface area is 124 Å². The van der Waals surface area contributed by atoms with Crippen LogP contribution < -0.4 is 16.4 Å². The van der Waals surface area contributed by atoms with Crippen LogP contribution in [0.1, 0.15) is 32.6 Å². The number of carbonyl (C=O) groups is 3. The number of amides is 2. The Morgan fingerprint density at radius 1 is 1.15 bits per heavy atom. The number of carbonyl (C=O) groups excluding carboxylic acids is 2. The average Bonchev–Trinajstić information content (AvgIpc) is 2.36. The Kier molecular flexibility index (Phi) is 9.83. The van der Waals surface area contributed by atoms with Gasteiger partial charge in [0.15, 0.2) is 0 Å². The highest BCUT2D eigenvalue weighted by Gasteiger charge is 2.24. The van der Waals surface area contributed by atoms with E-state index in [9.17, 15) is 14.4 Å². The molecule has 0 bridgehead atoms. The predicted molar refractivity (Wildman–Crippen MR) is 78.5 cm³/mol. The number of thiol groups is 1. The molecule has 2 amide bonds. The molecule has 2 atom stereocenters. The van der Waals surface area contributed by atoms with Crippen molar-refractivity contribution in [1.29, 1.82) is 0 Å². The SMILES string of the molecule is CC(=O)NC(CCS)C(=O)N[C@@H](CCCCN)C(=O)O. The molecule has 116 valence electrons. The van der Waals surface area contributed by atoms with Gasteiger partial charge in [-0.1, -0.05) is 0 Å². The molecule has 0 rings (SSSR count). The summed E-state index contributed by atoms with van der Waals surface area (Å²) in [4.78, 5) is 34.1. The topological polar surface area (TPSA) is 122 Å². The highest BCUT2D eigenvalue weighted by atomic mass is 32.1. The molecule has 0 aromatic heterocycles. The molecular weight excluding hydrogens is 282 g/mol. The lowest BCUT2D eigenvalue weighted by molar-refractivity contribution is -0.142. The Morgan fingerprint density at radius 2 is 1.80 bits per heavy atom. The normalized spacial score (nSPS) is 13.3. The highest BCUT2D eigenvalue weighted by molar-refractivity contribution is 7.80. The van der Waals surface area contributed by atoms with Crippen LogP contribution in [0, 0.1) is 0 Å². The van der Waals surface area contributed by atoms with Gasteiger partial charge in [-0.15, -0.1) is 0 Å². The Morgan fingerprint density at radius 3 is 2.25 bits per heavy atom. The Balaban J connectivity index is 4.52. The molecular formula is C12H23N3O4S. The first-order chi connectivity index (χ1) is 9.42. The van der Waals surface area contributed by atoms with Crippen LogP contribution in [-0.2, 0) is 14.4 Å². The van der Waals surface area contributed by atoms with Gasteiger partial charge in [0.2, 0.25) is 11.8 Å². The predicted octanol–water partition coefficient (Wildman–Crippen LogP) is -0.491. The minimum absolute atomic E-state index is 0.311. The van der Waals surface area contributed by atoms with Crippen LogP contribution in [-0.4, -0.2) is 47.3 Å². The molecule has 0 saturated carbocycles. The Hall–Kier alpha value is -1.28. The molecule has 5 N–H and O–H groups in total. The summed E-state index contributed by atoms with van der Waals surface area (Å²) in [5.74, 6) is -1.54. The number of hydrogen-bond donors (Lipinski definition) is 5. The van der Waals surface area contributed by atoms with Crippen molar-refractivity contribution in [3.63, 3.8) is 0 Å². The molecule has 0 saturated heterocycles. The third kappa shape index (κ3) is 8.00. The molecule has 0 aliphatic heterocycles. The van der Waals surface area contributed by atoms with Crippen molar-refractivity contribution in [3.05, 3.63) is 0 Å². The van der Waals surface area contributed by atoms with E-state index in [2.05, 4.69) is 23.3 Å². The maximum Gasteiger partial charge on any atom is 0.326 e. The van der Waals surface area contributed by atoms with Gasteiger partial charge in [0, 0.05) is 6.92 Å². The van der Waals surface area contributed by atoms with Gasteiger partial charge in [0.1, 0.15) is 12.1 Å². The fraction of sp³-hybridized carbons (Fsp3) is 0.750. The summed E-state index contributed by atoms with van der Waals surface area (Å²) in [5, 5.41) is 14.0. The average molecular weight is 305 g/mol. The monoisotopic (exact) mass is 305 g/mol. The number of hydrogen-bond acceptors (Lipinski definition) is 5. The summed E-state index contributed by atoms with van der Waals surface area (Å²) in [6.07, 6.45) is 1.96. The highest BCUT2D eigenvalue weighted by Crippen LogP contribution is 2.03. The molecule has 7 nitrogen and oxygen atoms in total. The maximum atomic E-state index is 12.0. The third-order valence-electron chi connectivity index (χ3n) is 2.67. The van der Waals surface area contributed by atoms with E-state index in [1.807, 2.05) is 0 Å². The lowest BCUT2D eigenvalue weighted by Crippen LogP contribution is -2.51. The van der Waals surface area contributed by atoms with Crippen molar-refractivity contribution in [2.75, 3.05) is 12.3 Å². The first kappa shape index (κ1) is 18.7. The fourth-order valence-electron chi connectivity index (χ4n) is 1.67. The fourth-order valence-corrected chi connectivity index (χ4v) is 1.92. The van der Waals surface area contributed by atoms with Crippen molar-refractivity contribution in [3.8, 4) is 0 Å². The van der Waals surface area contributed by atoms with Crippen molar-refractivity contribution in [2.24, 2.45) is 5.73 Å². The van der Waals surface area contributed by atoms with Crippen molar-refractivity contribution in [1.82, 2.24) is 10.6 Å². The minimum Gasteiger partial charge on any atom is -0.480 e. The number of aliphatic carboxylic acids is 1. The van der Waals surface area contributed by atoms with E-state index in [0.29, 0.717) is 38.0 Å². The molecule has 0 aliphatic carbocycles. The van der Waals surface area contributed by atoms with Gasteiger partial charge in [-0.3, -0.25) is 9.59 Å². The van der Waals surface area contributed by atoms with E-state index in [4.69, 9.17) is 10.8 Å². The first-order valence-corrected chi connectivity index (χ1v) is 7.16. The van der Waals surface area contributed by atoms with E-state index in [-0.39, 0.29) is 5.91 Å². The molecule has 8 heteroatoms. The summed E-state index contributed by atoms with van der Waals surface area (Å²) < 4.78 is 0. The van der Waals surface area contributed by atoms with Crippen molar-refractivity contribution < 1.29 is 19.5 Å². The molecule has 1 unspecified atom stereocenters. The lowest BCUT2D eigenvalue weighted by Gasteiger charge is -2.20. The third-order valence-corrected chi connectivity index (χ3v) is 2.93. The van der Waals surface area contributed by atoms with Crippen LogP contribution in [0.4, 0.5) is 0 Å². The second-order valence-corrected chi connectivity index (χ2v) is 4.90. The summed E-state index contributed by atoms with van der Waals surface area (Å²) >= 11 is 4.02. The minimum atomic E-state index is -1.09. The largest absolute Gasteiger partial charge is 0.480 e. The number of carboxylic acid groups (broad SMARTS) is 1. The van der Waals surface area contributed by atoms with Crippen molar-refractivity contribution in [2.45, 2.75) is 44.7 Å². The summed E-state index contributed by atoms with van der Waals surface area (Å²) in [6.45, 7) is 1.78. The molecule has 0 fully saturated rings. The maximum absolute atomic E-state index is 12.0. The van der Waals surface area contributed by atoms with Gasteiger partial charge in [-0.2, -0.15) is 12.6 Å². The molecule has 0 aromatic rings. The Bertz CT molecular complexity index is 339. The van der Waals surface area contributed by atoms with Gasteiger partial charge >= 0.3 is 5.97 Å². The first-order valence-electron chi connectivity index (χ1n) is 6.53. The van der Waals surface area contributed by atoms with Gasteiger partial charge in [-0.05, 0) is 38.0 Å². The summed E-state index contributed by atoms with van der Waals surface area (Å²) in [5.41, 5.74) is 5.34. The van der Waals surface area contributed by atoms with Gasteiger partial charge < -0.3 is 21.5 Å². The second-order valence-electron chi connectivity index (χ2n) is 4.45. The quantitative estimate of drug-likeness (QED) is 0.275. The number of nitrogens with one attached hydrogen (secondary N) is 2. The van der Waals surface area contributed by atoms with Gasteiger partial charge in [-0.25, -0.2) is 4.79 Å². The van der Waals surface area contributed by atoms with Crippen molar-refractivity contribution >= 4 is 30.4 Å². The van der Waals surface area contributed by atoms with Crippen LogP contribution in [0.25, 0.3) is 0 Å². The van der Waals surface area contributed by atoms with Crippen LogP contribution in [0.5, 0.6) is 0 Å². The van der Waals surface area contributed by atoms with E-state index in [1.165, 1.54) is 6.92 Å². The van der Waals surface area contributed by atoms with Gasteiger partial charge in [0.05, 0.1) is 0 Å². The number of nitrogens with two attached hydrogens (primary N) is 1. The van der Waals surface area contributed by atoms with E-state index in [1.54, 1.807) is 0 Å². The van der Waals surface area contributed by atoms with Crippen LogP contribution in [0.3, 0.4) is 0 Å². The van der Waals surface area contributed by atoms with Crippen LogP contribution in [0.2, 0.25) is 0 Å². The zero-order valence-electron chi connectivity index (χ0n) is 11.6. The number of unbranched alkanes of at least 4 members (excludes halogenated alkanes) is 1. The molecule has 0 radical (unpaired) electrons. The zero-order chi connectivity index (χ0) is 15.5. The molecule has 0 heterocycles. The van der Waals surface area contributed by atoms with Crippen LogP contribution >= 0.6 is 12.6 Å². The smallest absolute Gasteiger partial charge is 0.326 e. The van der Waals surface area contributed by atoms with E-state index < -0.39 is 24.0 Å². The molecule has 0 aromatic carbocycles. The van der Waals surface area contributed by atoms with E-state index >= 15 is 0 Å². The number of carboxylic acids is 1. The molecule has 20 heavy (non-hydrogen) atoms. The van der Waals surface area contributed by atoms with Gasteiger partial charge in [0.25, 0.3) is 0 Å².